The normalized spacial score (nSPS) is 12.3. The third-order valence-electron chi connectivity index (χ3n) is 2.77. The van der Waals surface area contributed by atoms with Crippen LogP contribution in [0.15, 0.2) is 29.2 Å². The maximum atomic E-state index is 12.0. The Hall–Kier alpha value is -1.43. The van der Waals surface area contributed by atoms with E-state index in [0.717, 1.165) is 0 Å². The van der Waals surface area contributed by atoms with Crippen molar-refractivity contribution in [1.82, 2.24) is 14.3 Å². The summed E-state index contributed by atoms with van der Waals surface area (Å²) in [7, 11) is 1.88. The molecule has 0 saturated heterocycles. The first kappa shape index (κ1) is 15.0. The highest BCUT2D eigenvalue weighted by Crippen LogP contribution is 2.10. The number of aliphatic hydroxyl groups is 1. The van der Waals surface area contributed by atoms with Crippen molar-refractivity contribution >= 4 is 17.2 Å². The highest BCUT2D eigenvalue weighted by molar-refractivity contribution is 6.30. The second-order valence-corrected chi connectivity index (χ2v) is 6.08. The second-order valence-electron chi connectivity index (χ2n) is 5.65. The van der Waals surface area contributed by atoms with Gasteiger partial charge in [0.2, 0.25) is 0 Å². The fourth-order valence-electron chi connectivity index (χ4n) is 2.20. The highest BCUT2D eigenvalue weighted by atomic mass is 35.5. The Balaban J connectivity index is 2.28. The van der Waals surface area contributed by atoms with Gasteiger partial charge in [0.25, 0.3) is 5.56 Å². The Labute approximate surface area is 122 Å². The topological polar surface area (TPSA) is 57.8 Å². The van der Waals surface area contributed by atoms with Gasteiger partial charge < -0.3 is 5.11 Å². The average Bonchev–Trinajstić information content (AvgIpc) is 2.27. The van der Waals surface area contributed by atoms with Gasteiger partial charge in [-0.15, -0.1) is 0 Å². The van der Waals surface area contributed by atoms with Crippen LogP contribution >= 0.6 is 11.6 Å². The van der Waals surface area contributed by atoms with Crippen molar-refractivity contribution in [3.8, 4) is 0 Å². The maximum absolute atomic E-state index is 12.0. The molecule has 6 heteroatoms. The van der Waals surface area contributed by atoms with Crippen LogP contribution in [0.2, 0.25) is 5.02 Å². The first-order valence-corrected chi connectivity index (χ1v) is 6.71. The first-order valence-electron chi connectivity index (χ1n) is 6.33. The summed E-state index contributed by atoms with van der Waals surface area (Å²) in [6.07, 6.45) is 1.55. The smallest absolute Gasteiger partial charge is 0.258 e. The Kier molecular flexibility index (Phi) is 4.13. The van der Waals surface area contributed by atoms with E-state index in [-0.39, 0.29) is 5.56 Å². The minimum Gasteiger partial charge on any atom is -0.389 e. The standard InChI is InChI=1S/C14H18ClN3O2/c1-14(2,20)9-17(3)8-11-6-13(19)18-7-10(15)4-5-12(18)16-11/h4-7,20H,8-9H2,1-3H3. The van der Waals surface area contributed by atoms with Crippen LogP contribution < -0.4 is 5.56 Å². The molecule has 0 radical (unpaired) electrons. The Bertz CT molecular complexity index is 676. The summed E-state index contributed by atoms with van der Waals surface area (Å²) in [6.45, 7) is 4.48. The summed E-state index contributed by atoms with van der Waals surface area (Å²) in [5.41, 5.74) is 0.288. The van der Waals surface area contributed by atoms with Gasteiger partial charge in [0, 0.05) is 25.4 Å². The third kappa shape index (κ3) is 3.79. The molecule has 0 aliphatic rings. The molecule has 2 rings (SSSR count). The molecule has 2 aromatic heterocycles. The van der Waals surface area contributed by atoms with Gasteiger partial charge in [0.1, 0.15) is 5.65 Å². The van der Waals surface area contributed by atoms with Crippen LogP contribution in [0.25, 0.3) is 5.65 Å². The highest BCUT2D eigenvalue weighted by Gasteiger charge is 2.16. The summed E-state index contributed by atoms with van der Waals surface area (Å²) in [4.78, 5) is 18.4. The summed E-state index contributed by atoms with van der Waals surface area (Å²) in [5, 5.41) is 10.3. The third-order valence-corrected chi connectivity index (χ3v) is 2.99. The van der Waals surface area contributed by atoms with Crippen LogP contribution in [0.5, 0.6) is 0 Å². The Morgan fingerprint density at radius 3 is 2.80 bits per heavy atom. The number of hydrogen-bond donors (Lipinski definition) is 1. The van der Waals surface area contributed by atoms with Gasteiger partial charge in [-0.05, 0) is 33.0 Å². The van der Waals surface area contributed by atoms with Crippen LogP contribution in [0, 0.1) is 0 Å². The molecule has 20 heavy (non-hydrogen) atoms. The number of likely N-dealkylation sites (N-methyl/N-ethyl adjacent to an activating group) is 1. The van der Waals surface area contributed by atoms with E-state index in [1.807, 2.05) is 11.9 Å². The monoisotopic (exact) mass is 295 g/mol. The van der Waals surface area contributed by atoms with E-state index in [0.29, 0.717) is 29.5 Å². The van der Waals surface area contributed by atoms with Crippen molar-refractivity contribution in [2.75, 3.05) is 13.6 Å². The van der Waals surface area contributed by atoms with Crippen LogP contribution in [0.4, 0.5) is 0 Å². The number of aromatic nitrogens is 2. The molecule has 1 N–H and O–H groups in total. The van der Waals surface area contributed by atoms with E-state index < -0.39 is 5.60 Å². The van der Waals surface area contributed by atoms with Crippen molar-refractivity contribution in [1.29, 1.82) is 0 Å². The molecule has 2 heterocycles. The van der Waals surface area contributed by atoms with Gasteiger partial charge in [-0.1, -0.05) is 11.6 Å². The van der Waals surface area contributed by atoms with Crippen molar-refractivity contribution in [2.45, 2.75) is 26.0 Å². The summed E-state index contributed by atoms with van der Waals surface area (Å²) in [5.74, 6) is 0. The van der Waals surface area contributed by atoms with Gasteiger partial charge in [-0.3, -0.25) is 14.1 Å². The minimum atomic E-state index is -0.784. The number of nitrogens with zero attached hydrogens (tertiary/aromatic N) is 3. The SMILES string of the molecule is CN(Cc1cc(=O)n2cc(Cl)ccc2n1)CC(C)(C)O. The van der Waals surface area contributed by atoms with Gasteiger partial charge in [0.05, 0.1) is 16.3 Å². The van der Waals surface area contributed by atoms with E-state index in [1.165, 1.54) is 10.5 Å². The minimum absolute atomic E-state index is 0.163. The number of fused-ring (bicyclic) bond motifs is 1. The molecule has 0 aromatic carbocycles. The van der Waals surface area contributed by atoms with Crippen LogP contribution in [-0.4, -0.2) is 38.6 Å². The number of halogens is 1. The van der Waals surface area contributed by atoms with Gasteiger partial charge in [-0.2, -0.15) is 0 Å². The molecule has 0 atom stereocenters. The van der Waals surface area contributed by atoms with E-state index in [9.17, 15) is 9.90 Å². The molecule has 0 spiro atoms. The molecule has 0 saturated carbocycles. The first-order chi connectivity index (χ1) is 9.24. The second kappa shape index (κ2) is 5.52. The molecule has 0 amide bonds. The summed E-state index contributed by atoms with van der Waals surface area (Å²) in [6, 6.07) is 4.90. The number of hydrogen-bond acceptors (Lipinski definition) is 4. The van der Waals surface area contributed by atoms with Gasteiger partial charge in [-0.25, -0.2) is 4.98 Å². The molecule has 0 bridgehead atoms. The van der Waals surface area contributed by atoms with Crippen LogP contribution in [0.1, 0.15) is 19.5 Å². The molecule has 0 unspecified atom stereocenters. The molecular weight excluding hydrogens is 278 g/mol. The average molecular weight is 296 g/mol. The predicted molar refractivity (Wildman–Crippen MR) is 79.1 cm³/mol. The summed E-state index contributed by atoms with van der Waals surface area (Å²) >= 11 is 5.86. The van der Waals surface area contributed by atoms with Crippen molar-refractivity contribution < 1.29 is 5.11 Å². The van der Waals surface area contributed by atoms with E-state index in [2.05, 4.69) is 4.98 Å². The van der Waals surface area contributed by atoms with Crippen LogP contribution in [0.3, 0.4) is 0 Å². The lowest BCUT2D eigenvalue weighted by Gasteiger charge is -2.25. The van der Waals surface area contributed by atoms with Gasteiger partial charge >= 0.3 is 0 Å². The fraction of sp³-hybridized carbons (Fsp3) is 0.429. The zero-order chi connectivity index (χ0) is 14.9. The lowest BCUT2D eigenvalue weighted by Crippen LogP contribution is -2.36. The molecule has 0 aliphatic heterocycles. The van der Waals surface area contributed by atoms with Crippen molar-refractivity contribution in [3.63, 3.8) is 0 Å². The molecule has 5 nitrogen and oxygen atoms in total. The summed E-state index contributed by atoms with van der Waals surface area (Å²) < 4.78 is 1.42. The van der Waals surface area contributed by atoms with E-state index >= 15 is 0 Å². The van der Waals surface area contributed by atoms with Crippen LogP contribution in [-0.2, 0) is 6.54 Å². The number of rotatable bonds is 4. The van der Waals surface area contributed by atoms with E-state index in [1.54, 1.807) is 32.2 Å². The quantitative estimate of drug-likeness (QED) is 0.930. The maximum Gasteiger partial charge on any atom is 0.258 e. The molecule has 0 fully saturated rings. The number of pyridine rings is 1. The lowest BCUT2D eigenvalue weighted by atomic mass is 10.1. The predicted octanol–water partition coefficient (Wildman–Crippen LogP) is 1.55. The lowest BCUT2D eigenvalue weighted by molar-refractivity contribution is 0.0422. The Morgan fingerprint density at radius 1 is 1.45 bits per heavy atom. The fourth-order valence-corrected chi connectivity index (χ4v) is 2.36. The van der Waals surface area contributed by atoms with Gasteiger partial charge in [0.15, 0.2) is 0 Å². The molecule has 2 aromatic rings. The van der Waals surface area contributed by atoms with E-state index in [4.69, 9.17) is 11.6 Å². The zero-order valence-corrected chi connectivity index (χ0v) is 12.6. The Morgan fingerprint density at radius 2 is 2.15 bits per heavy atom. The van der Waals surface area contributed by atoms with Crippen molar-refractivity contribution in [2.24, 2.45) is 0 Å². The van der Waals surface area contributed by atoms with Crippen molar-refractivity contribution in [3.05, 3.63) is 45.5 Å². The largest absolute Gasteiger partial charge is 0.389 e. The molecule has 0 aliphatic carbocycles. The molecular formula is C14H18ClN3O2. The molecule has 108 valence electrons. The zero-order valence-electron chi connectivity index (χ0n) is 11.8.